The van der Waals surface area contributed by atoms with Crippen LogP contribution in [0, 0.1) is 11.6 Å². The van der Waals surface area contributed by atoms with Crippen LogP contribution < -0.4 is 5.32 Å². The molecule has 1 aliphatic rings. The molecule has 1 nitrogen and oxygen atoms in total. The first kappa shape index (κ1) is 13.3. The van der Waals surface area contributed by atoms with Crippen LogP contribution in [0.3, 0.4) is 0 Å². The summed E-state index contributed by atoms with van der Waals surface area (Å²) >= 11 is 0. The first-order valence-corrected chi connectivity index (χ1v) is 6.94. The molecule has 2 unspecified atom stereocenters. The summed E-state index contributed by atoms with van der Waals surface area (Å²) in [5.41, 5.74) is 2.76. The second-order valence-electron chi connectivity index (χ2n) is 5.34. The number of hydrogen-bond donors (Lipinski definition) is 1. The molecule has 1 aliphatic carbocycles. The lowest BCUT2D eigenvalue weighted by molar-refractivity contribution is 0.463. The molecule has 0 amide bonds. The van der Waals surface area contributed by atoms with E-state index in [9.17, 15) is 8.78 Å². The van der Waals surface area contributed by atoms with Crippen LogP contribution in [-0.2, 0) is 6.42 Å². The predicted octanol–water partition coefficient (Wildman–Crippen LogP) is 4.30. The molecular weight excluding hydrogens is 256 g/mol. The van der Waals surface area contributed by atoms with Crippen LogP contribution in [0.2, 0.25) is 0 Å². The maximum Gasteiger partial charge on any atom is 0.126 e. The molecule has 0 aliphatic heterocycles. The minimum Gasteiger partial charge on any atom is -0.303 e. The van der Waals surface area contributed by atoms with Gasteiger partial charge < -0.3 is 5.32 Å². The Balaban J connectivity index is 1.79. The van der Waals surface area contributed by atoms with Gasteiger partial charge in [-0.15, -0.1) is 0 Å². The molecule has 0 saturated carbocycles. The smallest absolute Gasteiger partial charge is 0.126 e. The third kappa shape index (κ3) is 2.46. The van der Waals surface area contributed by atoms with Gasteiger partial charge in [-0.05, 0) is 54.7 Å². The molecule has 2 aromatic carbocycles. The monoisotopic (exact) mass is 273 g/mol. The van der Waals surface area contributed by atoms with Crippen molar-refractivity contribution < 1.29 is 8.78 Å². The minimum atomic E-state index is -0.228. The zero-order valence-electron chi connectivity index (χ0n) is 11.4. The fourth-order valence-corrected chi connectivity index (χ4v) is 2.96. The van der Waals surface area contributed by atoms with Crippen LogP contribution in [0.15, 0.2) is 42.5 Å². The van der Waals surface area contributed by atoms with Crippen LogP contribution in [0.1, 0.15) is 42.1 Å². The highest BCUT2D eigenvalue weighted by Gasteiger charge is 2.25. The van der Waals surface area contributed by atoms with E-state index in [1.807, 2.05) is 19.1 Å². The van der Waals surface area contributed by atoms with Gasteiger partial charge in [-0.25, -0.2) is 8.78 Å². The van der Waals surface area contributed by atoms with Crippen LogP contribution in [0.5, 0.6) is 0 Å². The molecule has 0 radical (unpaired) electrons. The molecule has 3 rings (SSSR count). The van der Waals surface area contributed by atoms with E-state index in [0.717, 1.165) is 29.5 Å². The van der Waals surface area contributed by atoms with Crippen LogP contribution >= 0.6 is 0 Å². The Morgan fingerprint density at radius 2 is 1.95 bits per heavy atom. The van der Waals surface area contributed by atoms with Crippen molar-refractivity contribution in [3.05, 3.63) is 70.8 Å². The maximum atomic E-state index is 13.7. The van der Waals surface area contributed by atoms with Gasteiger partial charge in [0.05, 0.1) is 0 Å². The highest BCUT2D eigenvalue weighted by atomic mass is 19.1. The Labute approximate surface area is 117 Å². The molecule has 2 aromatic rings. The Hall–Kier alpha value is -1.74. The summed E-state index contributed by atoms with van der Waals surface area (Å²) in [7, 11) is 0. The van der Waals surface area contributed by atoms with E-state index in [-0.39, 0.29) is 23.7 Å². The van der Waals surface area contributed by atoms with Gasteiger partial charge in [0.1, 0.15) is 11.6 Å². The number of fused-ring (bicyclic) bond motifs is 1. The number of nitrogens with one attached hydrogen (secondary N) is 1. The molecule has 104 valence electrons. The Morgan fingerprint density at radius 3 is 2.75 bits per heavy atom. The highest BCUT2D eigenvalue weighted by molar-refractivity contribution is 5.36. The normalized spacial score (nSPS) is 18.9. The molecule has 0 fully saturated rings. The van der Waals surface area contributed by atoms with Crippen molar-refractivity contribution in [3.63, 3.8) is 0 Å². The lowest BCUT2D eigenvalue weighted by Gasteiger charge is -2.21. The molecule has 3 heteroatoms. The van der Waals surface area contributed by atoms with E-state index in [0.29, 0.717) is 0 Å². The molecule has 0 heterocycles. The van der Waals surface area contributed by atoms with E-state index in [1.54, 1.807) is 18.2 Å². The van der Waals surface area contributed by atoms with Crippen molar-refractivity contribution in [2.24, 2.45) is 0 Å². The van der Waals surface area contributed by atoms with Gasteiger partial charge in [0.2, 0.25) is 0 Å². The number of benzene rings is 2. The standard InChI is InChI=1S/C17H17F2N/c1-11(12-4-2-5-13(18)10-12)20-17-9-8-14-15(17)6-3-7-16(14)19/h2-7,10-11,17,20H,8-9H2,1H3. The number of hydrogen-bond acceptors (Lipinski definition) is 1. The van der Waals surface area contributed by atoms with Crippen molar-refractivity contribution in [3.8, 4) is 0 Å². The number of rotatable bonds is 3. The summed E-state index contributed by atoms with van der Waals surface area (Å²) in [5.74, 6) is -0.348. The van der Waals surface area contributed by atoms with Gasteiger partial charge in [-0.1, -0.05) is 24.3 Å². The van der Waals surface area contributed by atoms with Crippen molar-refractivity contribution in [1.82, 2.24) is 5.32 Å². The summed E-state index contributed by atoms with van der Waals surface area (Å²) in [6.07, 6.45) is 1.64. The largest absolute Gasteiger partial charge is 0.303 e. The molecule has 2 atom stereocenters. The van der Waals surface area contributed by atoms with Crippen molar-refractivity contribution in [2.75, 3.05) is 0 Å². The van der Waals surface area contributed by atoms with Crippen LogP contribution in [-0.4, -0.2) is 0 Å². The lowest BCUT2D eigenvalue weighted by Crippen LogP contribution is -2.23. The van der Waals surface area contributed by atoms with Crippen LogP contribution in [0.4, 0.5) is 8.78 Å². The topological polar surface area (TPSA) is 12.0 Å². The predicted molar refractivity (Wildman–Crippen MR) is 75.4 cm³/mol. The summed E-state index contributed by atoms with van der Waals surface area (Å²) < 4.78 is 27.0. The van der Waals surface area contributed by atoms with Crippen LogP contribution in [0.25, 0.3) is 0 Å². The quantitative estimate of drug-likeness (QED) is 0.879. The molecule has 1 N–H and O–H groups in total. The fraction of sp³-hybridized carbons (Fsp3) is 0.294. The first-order valence-electron chi connectivity index (χ1n) is 6.94. The van der Waals surface area contributed by atoms with Gasteiger partial charge in [-0.3, -0.25) is 0 Å². The summed E-state index contributed by atoms with van der Waals surface area (Å²) in [5, 5.41) is 3.47. The summed E-state index contributed by atoms with van der Waals surface area (Å²) in [6.45, 7) is 2.01. The second-order valence-corrected chi connectivity index (χ2v) is 5.34. The molecule has 0 aromatic heterocycles. The molecule has 0 spiro atoms. The average molecular weight is 273 g/mol. The number of halogens is 2. The second kappa shape index (κ2) is 5.33. The fourth-order valence-electron chi connectivity index (χ4n) is 2.96. The first-order chi connectivity index (χ1) is 9.65. The SMILES string of the molecule is CC(NC1CCc2c(F)cccc21)c1cccc(F)c1. The lowest BCUT2D eigenvalue weighted by atomic mass is 10.0. The van der Waals surface area contributed by atoms with E-state index in [1.165, 1.54) is 12.1 Å². The molecule has 0 bridgehead atoms. The van der Waals surface area contributed by atoms with Crippen molar-refractivity contribution in [1.29, 1.82) is 0 Å². The van der Waals surface area contributed by atoms with Gasteiger partial charge in [0, 0.05) is 12.1 Å². The zero-order chi connectivity index (χ0) is 14.1. The average Bonchev–Trinajstić information content (AvgIpc) is 2.83. The van der Waals surface area contributed by atoms with Crippen molar-refractivity contribution in [2.45, 2.75) is 31.8 Å². The Kier molecular flexibility index (Phi) is 3.53. The summed E-state index contributed by atoms with van der Waals surface area (Å²) in [6, 6.07) is 12.0. The van der Waals surface area contributed by atoms with Crippen molar-refractivity contribution >= 4 is 0 Å². The Bertz CT molecular complexity index is 624. The third-order valence-electron chi connectivity index (χ3n) is 4.01. The van der Waals surface area contributed by atoms with E-state index >= 15 is 0 Å². The Morgan fingerprint density at radius 1 is 1.15 bits per heavy atom. The van der Waals surface area contributed by atoms with E-state index < -0.39 is 0 Å². The van der Waals surface area contributed by atoms with E-state index in [2.05, 4.69) is 5.32 Å². The van der Waals surface area contributed by atoms with Gasteiger partial charge >= 0.3 is 0 Å². The highest BCUT2D eigenvalue weighted by Crippen LogP contribution is 2.34. The zero-order valence-corrected chi connectivity index (χ0v) is 11.4. The van der Waals surface area contributed by atoms with Gasteiger partial charge in [0.15, 0.2) is 0 Å². The molecular formula is C17H17F2N. The maximum absolute atomic E-state index is 13.7. The minimum absolute atomic E-state index is 0.0323. The van der Waals surface area contributed by atoms with E-state index in [4.69, 9.17) is 0 Å². The summed E-state index contributed by atoms with van der Waals surface area (Å²) in [4.78, 5) is 0. The third-order valence-corrected chi connectivity index (χ3v) is 4.01. The molecule has 20 heavy (non-hydrogen) atoms. The van der Waals surface area contributed by atoms with Gasteiger partial charge in [0.25, 0.3) is 0 Å². The molecule has 0 saturated heterocycles. The van der Waals surface area contributed by atoms with Gasteiger partial charge in [-0.2, -0.15) is 0 Å².